The molecule has 1 rings (SSSR count). The Hall–Kier alpha value is -0.520. The Morgan fingerprint density at radius 2 is 2.36 bits per heavy atom. The van der Waals surface area contributed by atoms with E-state index in [1.54, 1.807) is 0 Å². The molecule has 2 heteroatoms. The Labute approximate surface area is 88.1 Å². The van der Waals surface area contributed by atoms with Gasteiger partial charge in [-0.25, -0.2) is 0 Å². The molecule has 80 valence electrons. The van der Waals surface area contributed by atoms with Crippen LogP contribution in [0, 0.1) is 12.3 Å². The molecular weight excluding hydrogens is 172 g/mol. The lowest BCUT2D eigenvalue weighted by atomic mass is 10.0. The lowest BCUT2D eigenvalue weighted by Crippen LogP contribution is -2.45. The molecule has 2 unspecified atom stereocenters. The molecule has 0 spiro atoms. The minimum atomic E-state index is 0.304. The highest BCUT2D eigenvalue weighted by Gasteiger charge is 2.17. The number of piperidine rings is 1. The highest BCUT2D eigenvalue weighted by atomic mass is 15.1. The van der Waals surface area contributed by atoms with Crippen molar-refractivity contribution in [2.24, 2.45) is 0 Å². The summed E-state index contributed by atoms with van der Waals surface area (Å²) < 4.78 is 0. The van der Waals surface area contributed by atoms with Gasteiger partial charge >= 0.3 is 0 Å². The molecule has 0 aromatic heterocycles. The van der Waals surface area contributed by atoms with Gasteiger partial charge in [-0.15, -0.1) is 6.42 Å². The first kappa shape index (κ1) is 11.6. The Bertz CT molecular complexity index is 189. The van der Waals surface area contributed by atoms with Gasteiger partial charge < -0.3 is 5.32 Å². The van der Waals surface area contributed by atoms with Crippen LogP contribution in [0.4, 0.5) is 0 Å². The quantitative estimate of drug-likeness (QED) is 0.682. The zero-order valence-electron chi connectivity index (χ0n) is 9.42. The second-order valence-corrected chi connectivity index (χ2v) is 4.18. The van der Waals surface area contributed by atoms with Crippen LogP contribution in [0.1, 0.15) is 32.6 Å². The maximum atomic E-state index is 5.48. The van der Waals surface area contributed by atoms with Gasteiger partial charge in [0.1, 0.15) is 0 Å². The van der Waals surface area contributed by atoms with Crippen LogP contribution < -0.4 is 5.32 Å². The van der Waals surface area contributed by atoms with E-state index < -0.39 is 0 Å². The highest BCUT2D eigenvalue weighted by Crippen LogP contribution is 2.09. The van der Waals surface area contributed by atoms with Gasteiger partial charge in [-0.3, -0.25) is 4.90 Å². The average molecular weight is 194 g/mol. The molecule has 1 aliphatic heterocycles. The molecule has 0 saturated carbocycles. The summed E-state index contributed by atoms with van der Waals surface area (Å²) in [6.45, 7) is 4.41. The van der Waals surface area contributed by atoms with E-state index in [2.05, 4.69) is 30.1 Å². The second-order valence-electron chi connectivity index (χ2n) is 4.18. The minimum absolute atomic E-state index is 0.304. The SMILES string of the molecule is C#CC(CC)N(C)CC1CCCCN1. The van der Waals surface area contributed by atoms with Crippen molar-refractivity contribution >= 4 is 0 Å². The van der Waals surface area contributed by atoms with E-state index in [-0.39, 0.29) is 0 Å². The third kappa shape index (κ3) is 3.32. The van der Waals surface area contributed by atoms with E-state index >= 15 is 0 Å². The fraction of sp³-hybridized carbons (Fsp3) is 0.833. The van der Waals surface area contributed by atoms with Gasteiger partial charge in [-0.2, -0.15) is 0 Å². The molecule has 14 heavy (non-hydrogen) atoms. The van der Waals surface area contributed by atoms with Crippen molar-refractivity contribution < 1.29 is 0 Å². The molecule has 1 fully saturated rings. The lowest BCUT2D eigenvalue weighted by molar-refractivity contribution is 0.231. The molecule has 0 aromatic carbocycles. The van der Waals surface area contributed by atoms with Gasteiger partial charge in [0.2, 0.25) is 0 Å². The molecule has 0 aromatic rings. The standard InChI is InChI=1S/C12H22N2/c1-4-12(5-2)14(3)10-11-8-6-7-9-13-11/h1,11-13H,5-10H2,2-3H3. The molecule has 2 nitrogen and oxygen atoms in total. The van der Waals surface area contributed by atoms with Crippen LogP contribution in [0.5, 0.6) is 0 Å². The Morgan fingerprint density at radius 1 is 1.57 bits per heavy atom. The maximum absolute atomic E-state index is 5.48. The number of terminal acetylenes is 1. The van der Waals surface area contributed by atoms with Crippen LogP contribution in [0.2, 0.25) is 0 Å². The number of nitrogens with zero attached hydrogens (tertiary/aromatic N) is 1. The number of likely N-dealkylation sites (N-methyl/N-ethyl adjacent to an activating group) is 1. The molecule has 0 aliphatic carbocycles. The van der Waals surface area contributed by atoms with E-state index in [4.69, 9.17) is 6.42 Å². The van der Waals surface area contributed by atoms with Crippen LogP contribution in [-0.2, 0) is 0 Å². The molecular formula is C12H22N2. The summed E-state index contributed by atoms with van der Waals surface area (Å²) in [5.74, 6) is 2.84. The summed E-state index contributed by atoms with van der Waals surface area (Å²) in [5, 5.41) is 3.54. The zero-order valence-corrected chi connectivity index (χ0v) is 9.42. The fourth-order valence-electron chi connectivity index (χ4n) is 2.11. The van der Waals surface area contributed by atoms with Crippen LogP contribution >= 0.6 is 0 Å². The molecule has 1 N–H and O–H groups in total. The summed E-state index contributed by atoms with van der Waals surface area (Å²) >= 11 is 0. The van der Waals surface area contributed by atoms with Gasteiger partial charge in [0.15, 0.2) is 0 Å². The van der Waals surface area contributed by atoms with Gasteiger partial charge in [-0.05, 0) is 32.9 Å². The summed E-state index contributed by atoms with van der Waals surface area (Å²) in [6, 6.07) is 0.954. The maximum Gasteiger partial charge on any atom is 0.0707 e. The first-order valence-electron chi connectivity index (χ1n) is 5.67. The Morgan fingerprint density at radius 3 is 2.86 bits per heavy atom. The third-order valence-electron chi connectivity index (χ3n) is 3.03. The van der Waals surface area contributed by atoms with Gasteiger partial charge in [0.05, 0.1) is 6.04 Å². The molecule has 2 atom stereocenters. The normalized spacial score (nSPS) is 24.6. The summed E-state index contributed by atoms with van der Waals surface area (Å²) in [7, 11) is 2.13. The first-order valence-corrected chi connectivity index (χ1v) is 5.67. The predicted octanol–water partition coefficient (Wildman–Crippen LogP) is 1.47. The smallest absolute Gasteiger partial charge is 0.0707 e. The van der Waals surface area contributed by atoms with E-state index in [9.17, 15) is 0 Å². The summed E-state index contributed by atoms with van der Waals surface area (Å²) in [6.07, 6.45) is 10.5. The van der Waals surface area contributed by atoms with E-state index in [1.807, 2.05) is 0 Å². The van der Waals surface area contributed by atoms with Gasteiger partial charge in [0.25, 0.3) is 0 Å². The molecule has 1 heterocycles. The monoisotopic (exact) mass is 194 g/mol. The van der Waals surface area contributed by atoms with Crippen molar-refractivity contribution in [1.82, 2.24) is 10.2 Å². The highest BCUT2D eigenvalue weighted by molar-refractivity contribution is 4.99. The molecule has 1 saturated heterocycles. The van der Waals surface area contributed by atoms with Crippen LogP contribution in [0.3, 0.4) is 0 Å². The predicted molar refractivity (Wildman–Crippen MR) is 61.2 cm³/mol. The Balaban J connectivity index is 2.31. The number of nitrogens with one attached hydrogen (secondary N) is 1. The lowest BCUT2D eigenvalue weighted by Gasteiger charge is -2.30. The van der Waals surface area contributed by atoms with Crippen molar-refractivity contribution in [3.63, 3.8) is 0 Å². The Kier molecular flexibility index (Phi) is 5.00. The van der Waals surface area contributed by atoms with E-state index in [0.29, 0.717) is 12.1 Å². The topological polar surface area (TPSA) is 15.3 Å². The van der Waals surface area contributed by atoms with Crippen molar-refractivity contribution in [2.45, 2.75) is 44.7 Å². The fourth-order valence-corrected chi connectivity index (χ4v) is 2.11. The van der Waals surface area contributed by atoms with Crippen molar-refractivity contribution in [2.75, 3.05) is 20.1 Å². The second kappa shape index (κ2) is 6.06. The molecule has 0 radical (unpaired) electrons. The van der Waals surface area contributed by atoms with E-state index in [0.717, 1.165) is 13.0 Å². The van der Waals surface area contributed by atoms with Crippen LogP contribution in [-0.4, -0.2) is 37.1 Å². The number of hydrogen-bond acceptors (Lipinski definition) is 2. The molecule has 1 aliphatic rings. The van der Waals surface area contributed by atoms with Gasteiger partial charge in [0, 0.05) is 12.6 Å². The summed E-state index contributed by atoms with van der Waals surface area (Å²) in [4.78, 5) is 2.29. The van der Waals surface area contributed by atoms with Crippen LogP contribution in [0.25, 0.3) is 0 Å². The minimum Gasteiger partial charge on any atom is -0.313 e. The summed E-state index contributed by atoms with van der Waals surface area (Å²) in [5.41, 5.74) is 0. The largest absolute Gasteiger partial charge is 0.313 e. The first-order chi connectivity index (χ1) is 6.77. The molecule has 0 bridgehead atoms. The van der Waals surface area contributed by atoms with E-state index in [1.165, 1.54) is 25.8 Å². The van der Waals surface area contributed by atoms with Crippen molar-refractivity contribution in [1.29, 1.82) is 0 Å². The zero-order chi connectivity index (χ0) is 10.4. The van der Waals surface area contributed by atoms with Crippen LogP contribution in [0.15, 0.2) is 0 Å². The van der Waals surface area contributed by atoms with Crippen molar-refractivity contribution in [3.05, 3.63) is 0 Å². The average Bonchev–Trinajstić information content (AvgIpc) is 2.21. The number of rotatable bonds is 4. The van der Waals surface area contributed by atoms with Crippen molar-refractivity contribution in [3.8, 4) is 12.3 Å². The number of hydrogen-bond donors (Lipinski definition) is 1. The molecule has 0 amide bonds. The third-order valence-corrected chi connectivity index (χ3v) is 3.03. The van der Waals surface area contributed by atoms with Gasteiger partial charge in [-0.1, -0.05) is 19.3 Å².